The molecular formula is C18H20O5. The minimum Gasteiger partial charge on any atom is -0.394 e. The topological polar surface area (TPSA) is 90.2 Å². The zero-order valence-corrected chi connectivity index (χ0v) is 12.5. The van der Waals surface area contributed by atoms with Gasteiger partial charge in [-0.2, -0.15) is 0 Å². The van der Waals surface area contributed by atoms with Crippen molar-refractivity contribution in [3.05, 3.63) is 60.2 Å². The quantitative estimate of drug-likeness (QED) is 0.675. The molecule has 1 aliphatic heterocycles. The van der Waals surface area contributed by atoms with Gasteiger partial charge in [-0.1, -0.05) is 48.5 Å². The molecule has 3 rings (SSSR count). The van der Waals surface area contributed by atoms with Gasteiger partial charge in [0, 0.05) is 0 Å². The summed E-state index contributed by atoms with van der Waals surface area (Å²) in [6.45, 7) is -0.431. The number of aliphatic hydroxyl groups excluding tert-OH is 4. The normalized spacial score (nSPS) is 31.0. The first-order valence-electron chi connectivity index (χ1n) is 7.57. The first-order valence-corrected chi connectivity index (χ1v) is 7.57. The molecule has 1 aliphatic rings. The van der Waals surface area contributed by atoms with E-state index in [0.717, 1.165) is 11.1 Å². The second kappa shape index (κ2) is 6.78. The fourth-order valence-corrected chi connectivity index (χ4v) is 2.90. The Hall–Kier alpha value is -1.76. The summed E-state index contributed by atoms with van der Waals surface area (Å²) in [7, 11) is 0. The van der Waals surface area contributed by atoms with Crippen molar-refractivity contribution >= 4 is 0 Å². The Kier molecular flexibility index (Phi) is 4.75. The zero-order chi connectivity index (χ0) is 16.4. The van der Waals surface area contributed by atoms with Gasteiger partial charge >= 0.3 is 0 Å². The third kappa shape index (κ3) is 3.15. The lowest BCUT2D eigenvalue weighted by molar-refractivity contribution is -0.231. The van der Waals surface area contributed by atoms with Crippen LogP contribution in [-0.4, -0.2) is 51.4 Å². The van der Waals surface area contributed by atoms with Gasteiger partial charge < -0.3 is 25.2 Å². The molecule has 0 aliphatic carbocycles. The average molecular weight is 316 g/mol. The molecule has 0 unspecified atom stereocenters. The Morgan fingerprint density at radius 3 is 2.17 bits per heavy atom. The molecule has 4 N–H and O–H groups in total. The van der Waals surface area contributed by atoms with Crippen LogP contribution in [0.15, 0.2) is 54.6 Å². The van der Waals surface area contributed by atoms with Crippen LogP contribution in [0.2, 0.25) is 0 Å². The molecular weight excluding hydrogens is 296 g/mol. The molecule has 5 nitrogen and oxygen atoms in total. The molecule has 0 spiro atoms. The molecule has 0 radical (unpaired) electrons. The molecule has 1 heterocycles. The van der Waals surface area contributed by atoms with E-state index < -0.39 is 37.1 Å². The maximum absolute atomic E-state index is 10.2. The van der Waals surface area contributed by atoms with Gasteiger partial charge in [-0.3, -0.25) is 0 Å². The molecule has 1 fully saturated rings. The van der Waals surface area contributed by atoms with Crippen molar-refractivity contribution in [2.75, 3.05) is 6.61 Å². The molecule has 0 bridgehead atoms. The van der Waals surface area contributed by atoms with Crippen molar-refractivity contribution in [3.8, 4) is 11.1 Å². The van der Waals surface area contributed by atoms with E-state index in [4.69, 9.17) is 4.74 Å². The number of rotatable bonds is 3. The summed E-state index contributed by atoms with van der Waals surface area (Å²) in [5, 5.41) is 39.3. The number of ether oxygens (including phenoxy) is 1. The van der Waals surface area contributed by atoms with Gasteiger partial charge in [0.15, 0.2) is 0 Å². The number of aliphatic hydroxyl groups is 4. The Bertz CT molecular complexity index is 643. The van der Waals surface area contributed by atoms with Crippen molar-refractivity contribution in [3.63, 3.8) is 0 Å². The number of benzene rings is 2. The number of hydrogen-bond donors (Lipinski definition) is 4. The summed E-state index contributed by atoms with van der Waals surface area (Å²) in [5.74, 6) is 0. The van der Waals surface area contributed by atoms with Gasteiger partial charge in [0.2, 0.25) is 0 Å². The summed E-state index contributed by atoms with van der Waals surface area (Å²) in [4.78, 5) is 0. The largest absolute Gasteiger partial charge is 0.394 e. The molecule has 0 aromatic heterocycles. The summed E-state index contributed by atoms with van der Waals surface area (Å²) in [6, 6.07) is 17.2. The molecule has 2 aromatic rings. The maximum atomic E-state index is 10.2. The predicted molar refractivity (Wildman–Crippen MR) is 84.6 cm³/mol. The molecule has 0 saturated carbocycles. The van der Waals surface area contributed by atoms with Crippen LogP contribution in [-0.2, 0) is 4.74 Å². The van der Waals surface area contributed by atoms with Crippen LogP contribution in [0, 0.1) is 0 Å². The van der Waals surface area contributed by atoms with E-state index in [-0.39, 0.29) is 0 Å². The highest BCUT2D eigenvalue weighted by Crippen LogP contribution is 2.34. The molecule has 122 valence electrons. The molecule has 0 amide bonds. The van der Waals surface area contributed by atoms with E-state index >= 15 is 0 Å². The van der Waals surface area contributed by atoms with Crippen LogP contribution in [0.25, 0.3) is 11.1 Å². The first kappa shape index (κ1) is 16.1. The van der Waals surface area contributed by atoms with Gasteiger partial charge in [-0.15, -0.1) is 0 Å². The molecule has 1 saturated heterocycles. The van der Waals surface area contributed by atoms with Gasteiger partial charge in [-0.25, -0.2) is 0 Å². The van der Waals surface area contributed by atoms with Gasteiger partial charge in [0.25, 0.3) is 0 Å². The van der Waals surface area contributed by atoms with Crippen LogP contribution in [0.5, 0.6) is 0 Å². The predicted octanol–water partition coefficient (Wildman–Crippen LogP) is 0.868. The molecule has 5 heteroatoms. The summed E-state index contributed by atoms with van der Waals surface area (Å²) in [5.41, 5.74) is 2.67. The molecule has 2 aromatic carbocycles. The zero-order valence-electron chi connectivity index (χ0n) is 12.5. The summed E-state index contributed by atoms with van der Waals surface area (Å²) >= 11 is 0. The number of hydrogen-bond acceptors (Lipinski definition) is 5. The van der Waals surface area contributed by atoms with Crippen molar-refractivity contribution in [2.45, 2.75) is 30.5 Å². The lowest BCUT2D eigenvalue weighted by Crippen LogP contribution is -2.55. The second-order valence-corrected chi connectivity index (χ2v) is 5.74. The highest BCUT2D eigenvalue weighted by Gasteiger charge is 2.43. The third-order valence-electron chi connectivity index (χ3n) is 4.21. The van der Waals surface area contributed by atoms with Gasteiger partial charge in [-0.05, 0) is 22.8 Å². The second-order valence-electron chi connectivity index (χ2n) is 5.74. The summed E-state index contributed by atoms with van der Waals surface area (Å²) < 4.78 is 5.60. The van der Waals surface area contributed by atoms with Crippen LogP contribution >= 0.6 is 0 Å². The fourth-order valence-electron chi connectivity index (χ4n) is 2.90. The van der Waals surface area contributed by atoms with Crippen LogP contribution in [0.3, 0.4) is 0 Å². The van der Waals surface area contributed by atoms with E-state index in [2.05, 4.69) is 0 Å². The molecule has 23 heavy (non-hydrogen) atoms. The van der Waals surface area contributed by atoms with Crippen molar-refractivity contribution in [2.24, 2.45) is 0 Å². The van der Waals surface area contributed by atoms with E-state index in [1.807, 2.05) is 48.5 Å². The SMILES string of the molecule is OC[C@H]1O[C@@H](c2cccc(-c3ccccc3)c2)[C@H](O)[C@@H](O)[C@@H]1O. The van der Waals surface area contributed by atoms with E-state index in [1.54, 1.807) is 6.07 Å². The fraction of sp³-hybridized carbons (Fsp3) is 0.333. The monoisotopic (exact) mass is 316 g/mol. The Balaban J connectivity index is 1.92. The smallest absolute Gasteiger partial charge is 0.113 e. The molecule has 5 atom stereocenters. The maximum Gasteiger partial charge on any atom is 0.113 e. The third-order valence-corrected chi connectivity index (χ3v) is 4.21. The van der Waals surface area contributed by atoms with Crippen LogP contribution in [0.1, 0.15) is 11.7 Å². The lowest BCUT2D eigenvalue weighted by Gasteiger charge is -2.40. The average Bonchev–Trinajstić information content (AvgIpc) is 2.61. The van der Waals surface area contributed by atoms with Crippen LogP contribution < -0.4 is 0 Å². The highest BCUT2D eigenvalue weighted by atomic mass is 16.5. The minimum absolute atomic E-state index is 0.431. The highest BCUT2D eigenvalue weighted by molar-refractivity contribution is 5.64. The Morgan fingerprint density at radius 1 is 0.783 bits per heavy atom. The van der Waals surface area contributed by atoms with Crippen molar-refractivity contribution < 1.29 is 25.2 Å². The minimum atomic E-state index is -1.37. The Labute approximate surface area is 134 Å². The Morgan fingerprint density at radius 2 is 1.48 bits per heavy atom. The van der Waals surface area contributed by atoms with Crippen molar-refractivity contribution in [1.82, 2.24) is 0 Å². The van der Waals surface area contributed by atoms with Crippen LogP contribution in [0.4, 0.5) is 0 Å². The standard InChI is InChI=1S/C18H20O5/c19-10-14-15(20)16(21)17(22)18(23-14)13-8-4-7-12(9-13)11-5-2-1-3-6-11/h1-9,14-22H,10H2/t14-,15-,16+,17-,18+/m1/s1. The summed E-state index contributed by atoms with van der Waals surface area (Å²) in [6.07, 6.45) is -5.69. The van der Waals surface area contributed by atoms with Gasteiger partial charge in [0.05, 0.1) is 6.61 Å². The van der Waals surface area contributed by atoms with E-state index in [0.29, 0.717) is 5.56 Å². The van der Waals surface area contributed by atoms with E-state index in [1.165, 1.54) is 0 Å². The first-order chi connectivity index (χ1) is 11.1. The lowest BCUT2D eigenvalue weighted by atomic mass is 9.90. The van der Waals surface area contributed by atoms with Crippen molar-refractivity contribution in [1.29, 1.82) is 0 Å². The van der Waals surface area contributed by atoms with Gasteiger partial charge in [0.1, 0.15) is 30.5 Å². The van der Waals surface area contributed by atoms with E-state index in [9.17, 15) is 20.4 Å².